The molecule has 0 bridgehead atoms. The van der Waals surface area contributed by atoms with Gasteiger partial charge in [-0.15, -0.1) is 0 Å². The molecule has 3 rings (SSSR count). The van der Waals surface area contributed by atoms with Gasteiger partial charge in [0.2, 0.25) is 0 Å². The predicted molar refractivity (Wildman–Crippen MR) is 72.9 cm³/mol. The van der Waals surface area contributed by atoms with Gasteiger partial charge >= 0.3 is 5.97 Å². The van der Waals surface area contributed by atoms with Gasteiger partial charge in [-0.2, -0.15) is 5.10 Å². The number of ether oxygens (including phenoxy) is 1. The molecule has 0 aliphatic heterocycles. The van der Waals surface area contributed by atoms with Crippen LogP contribution in [0.25, 0.3) is 5.52 Å². The van der Waals surface area contributed by atoms with E-state index in [1.54, 1.807) is 28.9 Å². The summed E-state index contributed by atoms with van der Waals surface area (Å²) in [5.74, 6) is -0.635. The zero-order valence-electron chi connectivity index (χ0n) is 10.6. The Bertz CT molecular complexity index is 764. The molecule has 0 spiro atoms. The molecule has 0 aliphatic rings. The van der Waals surface area contributed by atoms with Crippen molar-refractivity contribution < 1.29 is 14.6 Å². The number of rotatable bonds is 4. The van der Waals surface area contributed by atoms with Crippen molar-refractivity contribution in [3.63, 3.8) is 0 Å². The van der Waals surface area contributed by atoms with Crippen LogP contribution >= 0.6 is 0 Å². The van der Waals surface area contributed by atoms with Gasteiger partial charge in [0.25, 0.3) is 0 Å². The average molecular weight is 268 g/mol. The van der Waals surface area contributed by atoms with Crippen LogP contribution in [0.3, 0.4) is 0 Å². The van der Waals surface area contributed by atoms with Gasteiger partial charge in [0.1, 0.15) is 17.9 Å². The molecule has 2 heterocycles. The Morgan fingerprint density at radius 3 is 2.90 bits per heavy atom. The molecule has 0 atom stereocenters. The van der Waals surface area contributed by atoms with Gasteiger partial charge in [0, 0.05) is 18.0 Å². The summed E-state index contributed by atoms with van der Waals surface area (Å²) in [6, 6.07) is 12.3. The van der Waals surface area contributed by atoms with Gasteiger partial charge in [-0.3, -0.25) is 0 Å². The minimum absolute atomic E-state index is 0.160. The van der Waals surface area contributed by atoms with Gasteiger partial charge in [0.15, 0.2) is 0 Å². The zero-order valence-corrected chi connectivity index (χ0v) is 10.6. The summed E-state index contributed by atoms with van der Waals surface area (Å²) < 4.78 is 7.39. The number of hydrogen-bond acceptors (Lipinski definition) is 3. The van der Waals surface area contributed by atoms with Crippen LogP contribution in [0.4, 0.5) is 0 Å². The zero-order chi connectivity index (χ0) is 13.9. The normalized spacial score (nSPS) is 10.6. The van der Waals surface area contributed by atoms with Crippen LogP contribution in [-0.2, 0) is 6.61 Å². The predicted octanol–water partition coefficient (Wildman–Crippen LogP) is 2.61. The first-order chi connectivity index (χ1) is 9.75. The number of para-hydroxylation sites is 1. The molecule has 3 aromatic rings. The first-order valence-electron chi connectivity index (χ1n) is 6.12. The average Bonchev–Trinajstić information content (AvgIpc) is 2.94. The number of fused-ring (bicyclic) bond motifs is 1. The summed E-state index contributed by atoms with van der Waals surface area (Å²) >= 11 is 0. The molecule has 0 aliphatic carbocycles. The summed E-state index contributed by atoms with van der Waals surface area (Å²) in [4.78, 5) is 11.1. The number of carboxylic acid groups (broad SMARTS) is 1. The fraction of sp³-hybridized carbons (Fsp3) is 0.0667. The quantitative estimate of drug-likeness (QED) is 0.790. The van der Waals surface area contributed by atoms with E-state index >= 15 is 0 Å². The van der Waals surface area contributed by atoms with Crippen molar-refractivity contribution in [2.24, 2.45) is 0 Å². The van der Waals surface area contributed by atoms with Crippen LogP contribution in [0, 0.1) is 0 Å². The summed E-state index contributed by atoms with van der Waals surface area (Å²) in [5, 5.41) is 13.3. The molecular weight excluding hydrogens is 256 g/mol. The highest BCUT2D eigenvalue weighted by Gasteiger charge is 2.10. The van der Waals surface area contributed by atoms with Gasteiger partial charge in [-0.1, -0.05) is 18.2 Å². The second kappa shape index (κ2) is 5.05. The Morgan fingerprint density at radius 2 is 2.05 bits per heavy atom. The summed E-state index contributed by atoms with van der Waals surface area (Å²) in [7, 11) is 0. The highest BCUT2D eigenvalue weighted by atomic mass is 16.5. The minimum Gasteiger partial charge on any atom is -0.488 e. The number of hydrogen-bond donors (Lipinski definition) is 1. The number of aromatic nitrogens is 2. The second-order valence-electron chi connectivity index (χ2n) is 4.28. The molecule has 0 unspecified atom stereocenters. The Hall–Kier alpha value is -2.82. The van der Waals surface area contributed by atoms with Crippen molar-refractivity contribution in [1.82, 2.24) is 9.61 Å². The SMILES string of the molecule is O=C(O)c1ccccc1OCc1cccn2nccc12. The van der Waals surface area contributed by atoms with Crippen LogP contribution in [0.15, 0.2) is 54.9 Å². The van der Waals surface area contributed by atoms with Gasteiger partial charge in [-0.05, 0) is 24.3 Å². The van der Waals surface area contributed by atoms with Crippen molar-refractivity contribution in [3.05, 3.63) is 66.0 Å². The minimum atomic E-state index is -0.997. The van der Waals surface area contributed by atoms with E-state index in [-0.39, 0.29) is 5.56 Å². The van der Waals surface area contributed by atoms with E-state index in [0.29, 0.717) is 12.4 Å². The highest BCUT2D eigenvalue weighted by Crippen LogP contribution is 2.20. The molecule has 1 N–H and O–H groups in total. The van der Waals surface area contributed by atoms with E-state index in [2.05, 4.69) is 5.10 Å². The largest absolute Gasteiger partial charge is 0.488 e. The first-order valence-corrected chi connectivity index (χ1v) is 6.12. The number of carbonyl (C=O) groups is 1. The molecule has 2 aromatic heterocycles. The van der Waals surface area contributed by atoms with Crippen molar-refractivity contribution in [1.29, 1.82) is 0 Å². The maximum Gasteiger partial charge on any atom is 0.339 e. The van der Waals surface area contributed by atoms with E-state index in [1.807, 2.05) is 24.4 Å². The van der Waals surface area contributed by atoms with Crippen LogP contribution in [0.2, 0.25) is 0 Å². The Balaban J connectivity index is 1.87. The fourth-order valence-electron chi connectivity index (χ4n) is 2.06. The molecule has 0 saturated heterocycles. The van der Waals surface area contributed by atoms with Crippen LogP contribution in [0.5, 0.6) is 5.75 Å². The summed E-state index contributed by atoms with van der Waals surface area (Å²) in [5.41, 5.74) is 2.05. The Morgan fingerprint density at radius 1 is 1.20 bits per heavy atom. The third-order valence-electron chi connectivity index (χ3n) is 3.02. The highest BCUT2D eigenvalue weighted by molar-refractivity contribution is 5.90. The van der Waals surface area contributed by atoms with Crippen LogP contribution in [0.1, 0.15) is 15.9 Å². The monoisotopic (exact) mass is 268 g/mol. The molecule has 0 saturated carbocycles. The van der Waals surface area contributed by atoms with E-state index in [4.69, 9.17) is 9.84 Å². The third kappa shape index (κ3) is 2.21. The lowest BCUT2D eigenvalue weighted by atomic mass is 10.2. The van der Waals surface area contributed by atoms with Crippen molar-refractivity contribution in [3.8, 4) is 5.75 Å². The molecular formula is C15H12N2O3. The fourth-order valence-corrected chi connectivity index (χ4v) is 2.06. The maximum absolute atomic E-state index is 11.1. The lowest BCUT2D eigenvalue weighted by molar-refractivity contribution is 0.0692. The number of benzene rings is 1. The van der Waals surface area contributed by atoms with E-state index in [9.17, 15) is 4.79 Å². The summed E-state index contributed by atoms with van der Waals surface area (Å²) in [6.45, 7) is 0.292. The second-order valence-corrected chi connectivity index (χ2v) is 4.28. The topological polar surface area (TPSA) is 63.8 Å². The van der Waals surface area contributed by atoms with Gasteiger partial charge < -0.3 is 9.84 Å². The molecule has 1 aromatic carbocycles. The van der Waals surface area contributed by atoms with Crippen molar-refractivity contribution in [2.45, 2.75) is 6.61 Å². The van der Waals surface area contributed by atoms with Crippen molar-refractivity contribution >= 4 is 11.5 Å². The number of aromatic carboxylic acids is 1. The Kier molecular flexibility index (Phi) is 3.09. The number of pyridine rings is 1. The molecule has 0 fully saturated rings. The standard InChI is InChI=1S/C15H12N2O3/c18-15(19)12-5-1-2-6-14(12)20-10-11-4-3-9-17-13(11)7-8-16-17/h1-9H,10H2,(H,18,19). The lowest BCUT2D eigenvalue weighted by Crippen LogP contribution is -2.04. The molecule has 0 radical (unpaired) electrons. The van der Waals surface area contributed by atoms with Crippen LogP contribution < -0.4 is 4.74 Å². The Labute approximate surface area is 115 Å². The van der Waals surface area contributed by atoms with Crippen LogP contribution in [-0.4, -0.2) is 20.7 Å². The first kappa shape index (κ1) is 12.2. The summed E-state index contributed by atoms with van der Waals surface area (Å²) in [6.07, 6.45) is 3.56. The third-order valence-corrected chi connectivity index (χ3v) is 3.02. The van der Waals surface area contributed by atoms with Gasteiger partial charge in [0.05, 0.1) is 5.52 Å². The van der Waals surface area contributed by atoms with Crippen molar-refractivity contribution in [2.75, 3.05) is 0 Å². The molecule has 20 heavy (non-hydrogen) atoms. The molecule has 5 heteroatoms. The van der Waals surface area contributed by atoms with E-state index in [1.165, 1.54) is 6.07 Å². The molecule has 100 valence electrons. The number of nitrogens with zero attached hydrogens (tertiary/aromatic N) is 2. The van der Waals surface area contributed by atoms with Gasteiger partial charge in [-0.25, -0.2) is 9.31 Å². The molecule has 0 amide bonds. The molecule has 5 nitrogen and oxygen atoms in total. The maximum atomic E-state index is 11.1. The van der Waals surface area contributed by atoms with E-state index < -0.39 is 5.97 Å². The smallest absolute Gasteiger partial charge is 0.339 e. The lowest BCUT2D eigenvalue weighted by Gasteiger charge is -2.09. The number of carboxylic acids is 1. The van der Waals surface area contributed by atoms with E-state index in [0.717, 1.165) is 11.1 Å².